The summed E-state index contributed by atoms with van der Waals surface area (Å²) in [7, 11) is 0. The summed E-state index contributed by atoms with van der Waals surface area (Å²) in [4.78, 5) is 13.0. The molecule has 0 aromatic rings. The summed E-state index contributed by atoms with van der Waals surface area (Å²) in [5, 5.41) is 0. The molecule has 1 amide bonds. The number of nitrogens with zero attached hydrogens (tertiary/aromatic N) is 1. The van der Waals surface area contributed by atoms with E-state index in [1.807, 2.05) is 4.90 Å². The maximum Gasteiger partial charge on any atom is 0.219 e. The van der Waals surface area contributed by atoms with Gasteiger partial charge >= 0.3 is 0 Å². The van der Waals surface area contributed by atoms with Crippen LogP contribution < -0.4 is 0 Å². The predicted octanol–water partition coefficient (Wildman–Crippen LogP) is 0.762. The molecule has 4 nitrogen and oxygen atoms in total. The molecule has 1 spiro atoms. The Morgan fingerprint density at radius 1 is 1.21 bits per heavy atom. The molecule has 0 aromatic carbocycles. The maximum atomic E-state index is 11.1. The van der Waals surface area contributed by atoms with Gasteiger partial charge in [0, 0.05) is 32.9 Å². The van der Waals surface area contributed by atoms with Crippen molar-refractivity contribution in [3.05, 3.63) is 0 Å². The second kappa shape index (κ2) is 3.87. The van der Waals surface area contributed by atoms with Crippen molar-refractivity contribution in [1.29, 1.82) is 0 Å². The van der Waals surface area contributed by atoms with Crippen molar-refractivity contribution in [1.82, 2.24) is 4.90 Å². The maximum absolute atomic E-state index is 11.1. The molecule has 2 aliphatic heterocycles. The highest BCUT2D eigenvalue weighted by atomic mass is 16.7. The number of likely N-dealkylation sites (tertiary alicyclic amines) is 1. The molecule has 4 heteroatoms. The lowest BCUT2D eigenvalue weighted by Crippen LogP contribution is -2.51. The third kappa shape index (κ3) is 1.91. The second-order valence-electron chi connectivity index (χ2n) is 3.97. The van der Waals surface area contributed by atoms with E-state index in [0.717, 1.165) is 45.6 Å². The van der Waals surface area contributed by atoms with Crippen molar-refractivity contribution >= 4 is 5.91 Å². The number of carbonyl (C=O) groups excluding carboxylic acids is 1. The van der Waals surface area contributed by atoms with Crippen LogP contribution in [0.1, 0.15) is 26.2 Å². The molecule has 0 aromatic heterocycles. The Labute approximate surface area is 84.2 Å². The summed E-state index contributed by atoms with van der Waals surface area (Å²) in [6, 6.07) is 0. The summed E-state index contributed by atoms with van der Waals surface area (Å²) in [5.41, 5.74) is 0. The van der Waals surface area contributed by atoms with Crippen LogP contribution in [0.5, 0.6) is 0 Å². The number of hydrogen-bond donors (Lipinski definition) is 0. The van der Waals surface area contributed by atoms with Crippen molar-refractivity contribution in [3.8, 4) is 0 Å². The van der Waals surface area contributed by atoms with Gasteiger partial charge in [0.1, 0.15) is 0 Å². The van der Waals surface area contributed by atoms with Crippen molar-refractivity contribution in [2.75, 3.05) is 26.3 Å². The second-order valence-corrected chi connectivity index (χ2v) is 3.97. The molecule has 2 heterocycles. The number of carbonyl (C=O) groups is 1. The summed E-state index contributed by atoms with van der Waals surface area (Å²) in [6.07, 6.45) is 2.61. The zero-order chi connectivity index (χ0) is 10.0. The van der Waals surface area contributed by atoms with Crippen molar-refractivity contribution < 1.29 is 14.3 Å². The van der Waals surface area contributed by atoms with Crippen LogP contribution in [0.4, 0.5) is 0 Å². The molecule has 0 unspecified atom stereocenters. The quantitative estimate of drug-likeness (QED) is 0.578. The van der Waals surface area contributed by atoms with E-state index in [9.17, 15) is 4.79 Å². The van der Waals surface area contributed by atoms with Gasteiger partial charge in [-0.3, -0.25) is 4.79 Å². The van der Waals surface area contributed by atoms with Gasteiger partial charge in [-0.05, 0) is 6.42 Å². The molecule has 0 aliphatic carbocycles. The molecule has 2 aliphatic rings. The summed E-state index contributed by atoms with van der Waals surface area (Å²) in [5.74, 6) is -0.222. The number of amides is 1. The molecule has 14 heavy (non-hydrogen) atoms. The Kier molecular flexibility index (Phi) is 2.74. The number of piperidine rings is 1. The molecule has 0 bridgehead atoms. The van der Waals surface area contributed by atoms with E-state index in [4.69, 9.17) is 9.47 Å². The van der Waals surface area contributed by atoms with Gasteiger partial charge in [0.15, 0.2) is 5.79 Å². The Morgan fingerprint density at radius 3 is 2.29 bits per heavy atom. The normalized spacial score (nSPS) is 26.5. The highest BCUT2D eigenvalue weighted by Crippen LogP contribution is 2.30. The van der Waals surface area contributed by atoms with Crippen LogP contribution in [0.2, 0.25) is 0 Å². The van der Waals surface area contributed by atoms with Gasteiger partial charge in [-0.15, -0.1) is 0 Å². The van der Waals surface area contributed by atoms with Crippen molar-refractivity contribution in [3.63, 3.8) is 0 Å². The van der Waals surface area contributed by atoms with Gasteiger partial charge in [0.25, 0.3) is 0 Å². The first-order valence-electron chi connectivity index (χ1n) is 5.25. The third-order valence-corrected chi connectivity index (χ3v) is 2.99. The van der Waals surface area contributed by atoms with E-state index in [0.29, 0.717) is 0 Å². The first kappa shape index (κ1) is 9.93. The van der Waals surface area contributed by atoms with Crippen LogP contribution in [-0.4, -0.2) is 42.9 Å². The molecular formula is C10H17NO3. The zero-order valence-electron chi connectivity index (χ0n) is 8.62. The standard InChI is InChI=1S/C10H17NO3/c1-9(12)11-5-3-10(4-6-11)13-7-2-8-14-10/h2-8H2,1H3. The van der Waals surface area contributed by atoms with Crippen molar-refractivity contribution in [2.45, 2.75) is 32.0 Å². The van der Waals surface area contributed by atoms with Gasteiger partial charge in [0.2, 0.25) is 5.91 Å². The minimum Gasteiger partial charge on any atom is -0.350 e. The molecule has 0 radical (unpaired) electrons. The Hall–Kier alpha value is -0.610. The molecule has 80 valence electrons. The molecule has 2 fully saturated rings. The molecule has 0 N–H and O–H groups in total. The van der Waals surface area contributed by atoms with Crippen molar-refractivity contribution in [2.24, 2.45) is 0 Å². The Morgan fingerprint density at radius 2 is 1.79 bits per heavy atom. The van der Waals surface area contributed by atoms with Crippen LogP contribution in [0.3, 0.4) is 0 Å². The third-order valence-electron chi connectivity index (χ3n) is 2.99. The fourth-order valence-electron chi connectivity index (χ4n) is 2.07. The average molecular weight is 199 g/mol. The van der Waals surface area contributed by atoms with Gasteiger partial charge in [0.05, 0.1) is 13.2 Å². The van der Waals surface area contributed by atoms with Gasteiger partial charge in [-0.1, -0.05) is 0 Å². The fraction of sp³-hybridized carbons (Fsp3) is 0.900. The summed E-state index contributed by atoms with van der Waals surface area (Å²) < 4.78 is 11.3. The largest absolute Gasteiger partial charge is 0.350 e. The van der Waals surface area contributed by atoms with E-state index in [1.165, 1.54) is 0 Å². The minimum absolute atomic E-state index is 0.149. The van der Waals surface area contributed by atoms with Crippen LogP contribution in [0.25, 0.3) is 0 Å². The first-order chi connectivity index (χ1) is 6.72. The minimum atomic E-state index is -0.371. The average Bonchev–Trinajstić information content (AvgIpc) is 2.19. The SMILES string of the molecule is CC(=O)N1CCC2(CC1)OCCCO2. The topological polar surface area (TPSA) is 38.8 Å². The van der Waals surface area contributed by atoms with Gasteiger partial charge in [-0.25, -0.2) is 0 Å². The number of rotatable bonds is 0. The van der Waals surface area contributed by atoms with Crippen LogP contribution in [0.15, 0.2) is 0 Å². The Bertz CT molecular complexity index is 213. The lowest BCUT2D eigenvalue weighted by Gasteiger charge is -2.43. The zero-order valence-corrected chi connectivity index (χ0v) is 8.62. The molecular weight excluding hydrogens is 182 g/mol. The molecule has 0 atom stereocenters. The van der Waals surface area contributed by atoms with E-state index >= 15 is 0 Å². The van der Waals surface area contributed by atoms with Gasteiger partial charge in [-0.2, -0.15) is 0 Å². The number of ether oxygens (including phenoxy) is 2. The summed E-state index contributed by atoms with van der Waals surface area (Å²) >= 11 is 0. The van der Waals surface area contributed by atoms with Gasteiger partial charge < -0.3 is 14.4 Å². The molecule has 2 rings (SSSR count). The Balaban J connectivity index is 1.90. The predicted molar refractivity (Wildman–Crippen MR) is 50.7 cm³/mol. The van der Waals surface area contributed by atoms with E-state index in [1.54, 1.807) is 6.92 Å². The lowest BCUT2D eigenvalue weighted by molar-refractivity contribution is -0.282. The monoisotopic (exact) mass is 199 g/mol. The fourth-order valence-corrected chi connectivity index (χ4v) is 2.07. The van der Waals surface area contributed by atoms with E-state index in [-0.39, 0.29) is 11.7 Å². The lowest BCUT2D eigenvalue weighted by atomic mass is 10.0. The molecule has 0 saturated carbocycles. The molecule has 2 saturated heterocycles. The highest BCUT2D eigenvalue weighted by molar-refractivity contribution is 5.73. The van der Waals surface area contributed by atoms with E-state index in [2.05, 4.69) is 0 Å². The highest BCUT2D eigenvalue weighted by Gasteiger charge is 2.38. The smallest absolute Gasteiger partial charge is 0.219 e. The van der Waals surface area contributed by atoms with E-state index < -0.39 is 0 Å². The van der Waals surface area contributed by atoms with Crippen LogP contribution >= 0.6 is 0 Å². The number of hydrogen-bond acceptors (Lipinski definition) is 3. The van der Waals surface area contributed by atoms with Crippen LogP contribution in [0, 0.1) is 0 Å². The van der Waals surface area contributed by atoms with Crippen LogP contribution in [-0.2, 0) is 14.3 Å². The first-order valence-corrected chi connectivity index (χ1v) is 5.25. The summed E-state index contributed by atoms with van der Waals surface area (Å²) in [6.45, 7) is 4.71.